The zero-order valence-corrected chi connectivity index (χ0v) is 10.7. The van der Waals surface area contributed by atoms with Crippen molar-refractivity contribution in [2.75, 3.05) is 0 Å². The van der Waals surface area contributed by atoms with Crippen LogP contribution in [-0.4, -0.2) is 4.57 Å². The highest BCUT2D eigenvalue weighted by atomic mass is 35.5. The second-order valence-electron chi connectivity index (χ2n) is 4.49. The predicted molar refractivity (Wildman–Crippen MR) is 69.9 cm³/mol. The first kappa shape index (κ1) is 11.5. The molecule has 0 spiro atoms. The number of benzene rings is 1. The van der Waals surface area contributed by atoms with Crippen molar-refractivity contribution in [1.82, 2.24) is 4.57 Å². The predicted octanol–water partition coefficient (Wildman–Crippen LogP) is 3.41. The van der Waals surface area contributed by atoms with Crippen LogP contribution in [0.5, 0.6) is 0 Å². The average Bonchev–Trinajstić information content (AvgIpc) is 2.55. The largest absolute Gasteiger partial charge is 0.347 e. The lowest BCUT2D eigenvalue weighted by atomic mass is 10.1. The van der Waals surface area contributed by atoms with Crippen LogP contribution in [-0.2, 0) is 13.6 Å². The maximum Gasteiger partial charge on any atom is 0.0526 e. The number of hydrogen-bond donors (Lipinski definition) is 1. The van der Waals surface area contributed by atoms with E-state index in [4.69, 9.17) is 17.3 Å². The van der Waals surface area contributed by atoms with E-state index in [-0.39, 0.29) is 0 Å². The van der Waals surface area contributed by atoms with Gasteiger partial charge >= 0.3 is 0 Å². The van der Waals surface area contributed by atoms with Gasteiger partial charge < -0.3 is 10.3 Å². The Morgan fingerprint density at radius 1 is 1.31 bits per heavy atom. The van der Waals surface area contributed by atoms with Gasteiger partial charge in [0, 0.05) is 29.7 Å². The zero-order valence-electron chi connectivity index (χ0n) is 9.92. The van der Waals surface area contributed by atoms with E-state index >= 15 is 0 Å². The summed E-state index contributed by atoms with van der Waals surface area (Å²) in [5, 5.41) is 1.94. The molecule has 3 heteroatoms. The minimum absolute atomic E-state index is 0.502. The zero-order chi connectivity index (χ0) is 11.9. The number of nitrogens with zero attached hydrogens (tertiary/aromatic N) is 1. The highest BCUT2D eigenvalue weighted by Gasteiger charge is 2.12. The molecule has 1 aromatic carbocycles. The Morgan fingerprint density at radius 3 is 2.56 bits per heavy atom. The highest BCUT2D eigenvalue weighted by molar-refractivity contribution is 6.31. The molecule has 2 aromatic rings. The van der Waals surface area contributed by atoms with Crippen LogP contribution < -0.4 is 5.73 Å². The van der Waals surface area contributed by atoms with Gasteiger partial charge in [0.05, 0.1) is 5.52 Å². The molecular weight excluding hydrogens is 220 g/mol. The first-order chi connectivity index (χ1) is 7.54. The first-order valence-electron chi connectivity index (χ1n) is 5.52. The van der Waals surface area contributed by atoms with Gasteiger partial charge in [-0.1, -0.05) is 25.4 Å². The molecule has 0 amide bonds. The summed E-state index contributed by atoms with van der Waals surface area (Å²) in [6.07, 6.45) is 0. The van der Waals surface area contributed by atoms with Crippen LogP contribution in [0.15, 0.2) is 18.2 Å². The Kier molecular flexibility index (Phi) is 2.96. The summed E-state index contributed by atoms with van der Waals surface area (Å²) in [7, 11) is 2.09. The number of rotatable bonds is 2. The summed E-state index contributed by atoms with van der Waals surface area (Å²) < 4.78 is 2.22. The lowest BCUT2D eigenvalue weighted by Gasteiger charge is -2.09. The minimum Gasteiger partial charge on any atom is -0.347 e. The van der Waals surface area contributed by atoms with E-state index in [0.717, 1.165) is 10.6 Å². The molecule has 0 aliphatic heterocycles. The number of aryl methyl sites for hydroxylation is 1. The van der Waals surface area contributed by atoms with E-state index in [0.29, 0.717) is 12.5 Å². The van der Waals surface area contributed by atoms with Crippen LogP contribution in [0.4, 0.5) is 0 Å². The van der Waals surface area contributed by atoms with Crippen molar-refractivity contribution in [2.45, 2.75) is 26.3 Å². The molecule has 2 nitrogen and oxygen atoms in total. The fraction of sp³-hybridized carbons (Fsp3) is 0.385. The van der Waals surface area contributed by atoms with E-state index in [1.807, 2.05) is 12.1 Å². The minimum atomic E-state index is 0.502. The van der Waals surface area contributed by atoms with Crippen molar-refractivity contribution >= 4 is 22.5 Å². The SMILES string of the molecule is CC(C)c1cc2cc(Cl)cc(CN)c2n1C. The normalized spacial score (nSPS) is 11.6. The number of nitrogens with two attached hydrogens (primary N) is 1. The van der Waals surface area contributed by atoms with Crippen LogP contribution in [0, 0.1) is 0 Å². The summed E-state index contributed by atoms with van der Waals surface area (Å²) >= 11 is 6.08. The summed E-state index contributed by atoms with van der Waals surface area (Å²) in [6.45, 7) is 4.91. The average molecular weight is 237 g/mol. The standard InChI is InChI=1S/C13H17ClN2/c1-8(2)12-6-9-4-11(14)5-10(7-15)13(9)16(12)3/h4-6,8H,7,15H2,1-3H3. The maximum atomic E-state index is 6.08. The Morgan fingerprint density at radius 2 is 2.00 bits per heavy atom. The molecule has 2 N–H and O–H groups in total. The maximum absolute atomic E-state index is 6.08. The monoisotopic (exact) mass is 236 g/mol. The fourth-order valence-corrected chi connectivity index (χ4v) is 2.54. The van der Waals surface area contributed by atoms with Crippen molar-refractivity contribution in [1.29, 1.82) is 0 Å². The number of fused-ring (bicyclic) bond motifs is 1. The van der Waals surface area contributed by atoms with E-state index in [2.05, 4.69) is 31.5 Å². The molecule has 0 saturated carbocycles. The lowest BCUT2D eigenvalue weighted by molar-refractivity contribution is 0.753. The highest BCUT2D eigenvalue weighted by Crippen LogP contribution is 2.29. The van der Waals surface area contributed by atoms with Crippen molar-refractivity contribution in [3.05, 3.63) is 34.5 Å². The van der Waals surface area contributed by atoms with Crippen LogP contribution >= 0.6 is 11.6 Å². The van der Waals surface area contributed by atoms with Gasteiger partial charge in [0.15, 0.2) is 0 Å². The van der Waals surface area contributed by atoms with Crippen molar-refractivity contribution in [3.63, 3.8) is 0 Å². The summed E-state index contributed by atoms with van der Waals surface area (Å²) in [5.41, 5.74) is 9.39. The van der Waals surface area contributed by atoms with Crippen LogP contribution in [0.2, 0.25) is 5.02 Å². The smallest absolute Gasteiger partial charge is 0.0526 e. The van der Waals surface area contributed by atoms with Gasteiger partial charge in [-0.15, -0.1) is 0 Å². The Labute approximate surface area is 101 Å². The summed E-state index contributed by atoms with van der Waals surface area (Å²) in [5.74, 6) is 0.502. The summed E-state index contributed by atoms with van der Waals surface area (Å²) in [4.78, 5) is 0. The van der Waals surface area contributed by atoms with Gasteiger partial charge in [-0.2, -0.15) is 0 Å². The molecule has 16 heavy (non-hydrogen) atoms. The van der Waals surface area contributed by atoms with Gasteiger partial charge in [-0.05, 0) is 29.7 Å². The first-order valence-corrected chi connectivity index (χ1v) is 5.90. The Balaban J connectivity index is 2.80. The molecular formula is C13H17ClN2. The quantitative estimate of drug-likeness (QED) is 0.851. The van der Waals surface area contributed by atoms with Crippen molar-refractivity contribution in [3.8, 4) is 0 Å². The molecule has 1 heterocycles. The van der Waals surface area contributed by atoms with Crippen LogP contribution in [0.1, 0.15) is 31.0 Å². The van der Waals surface area contributed by atoms with Gasteiger partial charge in [0.2, 0.25) is 0 Å². The molecule has 86 valence electrons. The van der Waals surface area contributed by atoms with Crippen LogP contribution in [0.3, 0.4) is 0 Å². The number of aromatic nitrogens is 1. The molecule has 0 radical (unpaired) electrons. The van der Waals surface area contributed by atoms with Gasteiger partial charge in [0.1, 0.15) is 0 Å². The third-order valence-corrected chi connectivity index (χ3v) is 3.24. The van der Waals surface area contributed by atoms with E-state index in [1.165, 1.54) is 16.6 Å². The van der Waals surface area contributed by atoms with Crippen molar-refractivity contribution in [2.24, 2.45) is 12.8 Å². The third kappa shape index (κ3) is 1.72. The molecule has 0 aliphatic carbocycles. The second kappa shape index (κ2) is 4.11. The molecule has 0 fully saturated rings. The Bertz CT molecular complexity index is 526. The van der Waals surface area contributed by atoms with Gasteiger partial charge in [0.25, 0.3) is 0 Å². The third-order valence-electron chi connectivity index (χ3n) is 3.02. The number of halogens is 1. The van der Waals surface area contributed by atoms with Crippen LogP contribution in [0.25, 0.3) is 10.9 Å². The molecule has 0 bridgehead atoms. The van der Waals surface area contributed by atoms with E-state index in [1.54, 1.807) is 0 Å². The van der Waals surface area contributed by atoms with E-state index in [9.17, 15) is 0 Å². The van der Waals surface area contributed by atoms with E-state index < -0.39 is 0 Å². The molecule has 0 atom stereocenters. The topological polar surface area (TPSA) is 30.9 Å². The lowest BCUT2D eigenvalue weighted by Crippen LogP contribution is -2.02. The summed E-state index contributed by atoms with van der Waals surface area (Å²) in [6, 6.07) is 6.15. The molecule has 1 aromatic heterocycles. The fourth-order valence-electron chi connectivity index (χ4n) is 2.29. The second-order valence-corrected chi connectivity index (χ2v) is 4.93. The van der Waals surface area contributed by atoms with Crippen molar-refractivity contribution < 1.29 is 0 Å². The van der Waals surface area contributed by atoms with Gasteiger partial charge in [-0.25, -0.2) is 0 Å². The van der Waals surface area contributed by atoms with Gasteiger partial charge in [-0.3, -0.25) is 0 Å². The molecule has 0 saturated heterocycles. The number of hydrogen-bond acceptors (Lipinski definition) is 1. The molecule has 0 unspecified atom stereocenters. The Hall–Kier alpha value is -0.990. The molecule has 2 rings (SSSR count). The molecule has 0 aliphatic rings.